The second kappa shape index (κ2) is 13.5. The number of H-pyrrole nitrogens is 1. The number of hydrogen-bond acceptors (Lipinski definition) is 8. The first-order valence-electron chi connectivity index (χ1n) is 18.5. The minimum atomic E-state index is -4.55. The van der Waals surface area contributed by atoms with Crippen molar-refractivity contribution >= 4 is 39.5 Å². The summed E-state index contributed by atoms with van der Waals surface area (Å²) in [7, 11) is 1.71. The van der Waals surface area contributed by atoms with Crippen molar-refractivity contribution < 1.29 is 27.4 Å². The van der Waals surface area contributed by atoms with Gasteiger partial charge in [0.15, 0.2) is 12.4 Å². The fourth-order valence-electron chi connectivity index (χ4n) is 8.66. The van der Waals surface area contributed by atoms with Gasteiger partial charge in [-0.05, 0) is 98.6 Å². The second-order valence-electron chi connectivity index (χ2n) is 15.3. The number of fused-ring (bicyclic) bond motifs is 2. The average Bonchev–Trinajstić information content (AvgIpc) is 3.87. The molecule has 1 amide bonds. The number of rotatable bonds is 10. The molecule has 2 aromatic heterocycles. The van der Waals surface area contributed by atoms with Gasteiger partial charge in [-0.25, -0.2) is 4.98 Å². The van der Waals surface area contributed by atoms with Gasteiger partial charge in [-0.3, -0.25) is 9.89 Å². The Morgan fingerprint density at radius 2 is 1.87 bits per heavy atom. The number of piperidine rings is 2. The molecule has 1 saturated carbocycles. The molecule has 1 atom stereocenters. The van der Waals surface area contributed by atoms with E-state index in [4.69, 9.17) is 19.4 Å². The average molecular weight is 718 g/mol. The number of carbonyl (C=O) groups is 1. The maximum atomic E-state index is 14.1. The molecular formula is C39H46F3N7O3. The van der Waals surface area contributed by atoms with Crippen LogP contribution in [-0.2, 0) is 9.53 Å². The quantitative estimate of drug-likeness (QED) is 0.173. The molecule has 0 radical (unpaired) electrons. The van der Waals surface area contributed by atoms with Crippen LogP contribution in [0.25, 0.3) is 32.9 Å². The van der Waals surface area contributed by atoms with Crippen LogP contribution in [-0.4, -0.2) is 96.7 Å². The molecule has 52 heavy (non-hydrogen) atoms. The molecule has 5 heterocycles. The van der Waals surface area contributed by atoms with E-state index < -0.39 is 12.8 Å². The zero-order chi connectivity index (χ0) is 36.2. The number of alkyl halides is 3. The molecule has 1 N–H and O–H groups in total. The van der Waals surface area contributed by atoms with E-state index in [0.717, 1.165) is 91.4 Å². The van der Waals surface area contributed by atoms with Gasteiger partial charge in [0.05, 0.1) is 11.7 Å². The normalized spacial score (nSPS) is 20.5. The van der Waals surface area contributed by atoms with Gasteiger partial charge in [0.1, 0.15) is 11.3 Å². The van der Waals surface area contributed by atoms with Crippen molar-refractivity contribution in [3.05, 3.63) is 48.2 Å². The molecule has 1 unspecified atom stereocenters. The summed E-state index contributed by atoms with van der Waals surface area (Å²) in [6.45, 7) is 9.19. The van der Waals surface area contributed by atoms with Gasteiger partial charge < -0.3 is 24.2 Å². The van der Waals surface area contributed by atoms with Gasteiger partial charge in [-0.1, -0.05) is 12.6 Å². The molecule has 2 aromatic carbocycles. The number of anilines is 2. The Morgan fingerprint density at radius 1 is 1.08 bits per heavy atom. The molecule has 4 fully saturated rings. The largest absolute Gasteiger partial charge is 0.481 e. The number of aromatic amines is 1. The van der Waals surface area contributed by atoms with Gasteiger partial charge in [-0.2, -0.15) is 23.3 Å². The third kappa shape index (κ3) is 6.56. The van der Waals surface area contributed by atoms with Crippen LogP contribution in [0.3, 0.4) is 0 Å². The van der Waals surface area contributed by atoms with Crippen LogP contribution < -0.4 is 14.5 Å². The lowest BCUT2D eigenvalue weighted by Crippen LogP contribution is -2.61. The molecule has 4 aliphatic rings. The van der Waals surface area contributed by atoms with E-state index >= 15 is 0 Å². The van der Waals surface area contributed by atoms with Gasteiger partial charge in [0, 0.05) is 74.7 Å². The molecule has 276 valence electrons. The molecule has 8 rings (SSSR count). The number of amides is 1. The fourth-order valence-corrected chi connectivity index (χ4v) is 8.66. The highest BCUT2D eigenvalue weighted by Crippen LogP contribution is 2.53. The number of hydrogen-bond donors (Lipinski definition) is 1. The maximum Gasteiger partial charge on any atom is 0.422 e. The third-order valence-corrected chi connectivity index (χ3v) is 11.6. The molecule has 13 heteroatoms. The number of carbonyl (C=O) groups excluding carboxylic acids is 1. The standard InChI is InChI=1S/C39H46F3N7O3/c1-4-31(50)49-21-38(22-49)12-15-47(16-13-38)36-28-18-27(26-8-9-26)33(32-24(2)7-10-30-29(32)19-43-46-30)35(52-23-39(40,41)42)34(28)44-37(45-36)48-14-5-6-25(20-48)11-17-51-3/h4,7,10,18-19,25-26H,1,5-6,8-9,11-17,20-23H2,2-3H3,(H,43,46). The van der Waals surface area contributed by atoms with Crippen LogP contribution in [0.4, 0.5) is 24.9 Å². The Kier molecular flexibility index (Phi) is 9.03. The minimum Gasteiger partial charge on any atom is -0.481 e. The summed E-state index contributed by atoms with van der Waals surface area (Å²) in [4.78, 5) is 29.0. The van der Waals surface area contributed by atoms with E-state index in [1.54, 1.807) is 13.3 Å². The van der Waals surface area contributed by atoms with Crippen LogP contribution in [0.5, 0.6) is 5.75 Å². The lowest BCUT2D eigenvalue weighted by Gasteiger charge is -2.54. The van der Waals surface area contributed by atoms with Crippen molar-refractivity contribution in [2.24, 2.45) is 11.3 Å². The lowest BCUT2D eigenvalue weighted by molar-refractivity contribution is -0.153. The van der Waals surface area contributed by atoms with E-state index in [1.165, 1.54) is 6.08 Å². The summed E-state index contributed by atoms with van der Waals surface area (Å²) in [5, 5.41) is 8.88. The summed E-state index contributed by atoms with van der Waals surface area (Å²) in [5.41, 5.74) is 4.61. The first-order valence-corrected chi connectivity index (χ1v) is 18.5. The number of nitrogens with zero attached hydrogens (tertiary/aromatic N) is 6. The van der Waals surface area contributed by atoms with Crippen molar-refractivity contribution in [2.75, 3.05) is 69.4 Å². The number of methoxy groups -OCH3 is 1. The van der Waals surface area contributed by atoms with E-state index in [1.807, 2.05) is 24.0 Å². The molecule has 10 nitrogen and oxygen atoms in total. The second-order valence-corrected chi connectivity index (χ2v) is 15.3. The highest BCUT2D eigenvalue weighted by molar-refractivity contribution is 6.06. The van der Waals surface area contributed by atoms with E-state index in [0.29, 0.717) is 61.1 Å². The molecule has 3 saturated heterocycles. The zero-order valence-corrected chi connectivity index (χ0v) is 29.9. The lowest BCUT2D eigenvalue weighted by atomic mass is 9.72. The Morgan fingerprint density at radius 3 is 2.58 bits per heavy atom. The number of benzene rings is 2. The van der Waals surface area contributed by atoms with Crippen molar-refractivity contribution in [3.8, 4) is 16.9 Å². The van der Waals surface area contributed by atoms with Crippen LogP contribution in [0.1, 0.15) is 62.0 Å². The predicted molar refractivity (Wildman–Crippen MR) is 195 cm³/mol. The summed E-state index contributed by atoms with van der Waals surface area (Å²) in [6.07, 6.45) is 5.14. The van der Waals surface area contributed by atoms with Crippen molar-refractivity contribution in [2.45, 2.75) is 64.0 Å². The van der Waals surface area contributed by atoms with Gasteiger partial charge in [0.25, 0.3) is 0 Å². The van der Waals surface area contributed by atoms with Crippen LogP contribution >= 0.6 is 0 Å². The first kappa shape index (κ1) is 34.7. The summed E-state index contributed by atoms with van der Waals surface area (Å²) in [5.74, 6) is 1.92. The Balaban J connectivity index is 1.30. The number of halogens is 3. The van der Waals surface area contributed by atoms with Crippen molar-refractivity contribution in [1.82, 2.24) is 25.1 Å². The highest BCUT2D eigenvalue weighted by atomic mass is 19.4. The third-order valence-electron chi connectivity index (χ3n) is 11.6. The summed E-state index contributed by atoms with van der Waals surface area (Å²) in [6, 6.07) is 6.06. The maximum absolute atomic E-state index is 14.1. The molecular weight excluding hydrogens is 671 g/mol. The number of likely N-dealkylation sites (tertiary alicyclic amines) is 1. The van der Waals surface area contributed by atoms with Crippen molar-refractivity contribution in [3.63, 3.8) is 0 Å². The number of aryl methyl sites for hydroxylation is 1. The van der Waals surface area contributed by atoms with Gasteiger partial charge >= 0.3 is 6.18 Å². The van der Waals surface area contributed by atoms with E-state index in [2.05, 4.69) is 32.6 Å². The van der Waals surface area contributed by atoms with Crippen LogP contribution in [0.15, 0.2) is 37.1 Å². The molecule has 1 spiro atoms. The topological polar surface area (TPSA) is 99.7 Å². The van der Waals surface area contributed by atoms with Gasteiger partial charge in [-0.15, -0.1) is 0 Å². The zero-order valence-electron chi connectivity index (χ0n) is 29.9. The smallest absolute Gasteiger partial charge is 0.422 e. The minimum absolute atomic E-state index is 0.0408. The fraction of sp³-hybridized carbons (Fsp3) is 0.538. The Labute approximate surface area is 301 Å². The molecule has 1 aliphatic carbocycles. The molecule has 3 aliphatic heterocycles. The molecule has 4 aromatic rings. The number of ether oxygens (including phenoxy) is 2. The first-order chi connectivity index (χ1) is 25.1. The SMILES string of the molecule is C=CC(=O)N1CC2(CCN(c3nc(N4CCCC(CCOC)C4)nc4c(OCC(F)(F)F)c(-c5c(C)ccc6[nH]ncc56)c(C5CC5)cc34)CC2)C1. The van der Waals surface area contributed by atoms with Crippen LogP contribution in [0, 0.1) is 18.3 Å². The Bertz CT molecular complexity index is 1990. The van der Waals surface area contributed by atoms with Gasteiger partial charge in [0.2, 0.25) is 11.9 Å². The molecule has 0 bridgehead atoms. The number of aromatic nitrogens is 4. The van der Waals surface area contributed by atoms with Crippen molar-refractivity contribution in [1.29, 1.82) is 0 Å². The predicted octanol–water partition coefficient (Wildman–Crippen LogP) is 7.17. The van der Waals surface area contributed by atoms with E-state index in [-0.39, 0.29) is 23.0 Å². The Hall–Kier alpha value is -4.39. The summed E-state index contributed by atoms with van der Waals surface area (Å²) < 4.78 is 53.7. The number of nitrogens with one attached hydrogen (secondary N) is 1. The van der Waals surface area contributed by atoms with Crippen LogP contribution in [0.2, 0.25) is 0 Å². The summed E-state index contributed by atoms with van der Waals surface area (Å²) >= 11 is 0. The monoisotopic (exact) mass is 717 g/mol. The van der Waals surface area contributed by atoms with E-state index in [9.17, 15) is 18.0 Å². The highest BCUT2D eigenvalue weighted by Gasteiger charge is 2.47.